The quantitative estimate of drug-likeness (QED) is 0.295. The first-order chi connectivity index (χ1) is 14.4. The number of hydrogen-bond acceptors (Lipinski definition) is 10. The third-order valence-electron chi connectivity index (χ3n) is 4.41. The maximum absolute atomic E-state index is 10.3. The molecule has 0 radical (unpaired) electrons. The van der Waals surface area contributed by atoms with Crippen LogP contribution in [-0.4, -0.2) is 43.6 Å². The predicted molar refractivity (Wildman–Crippen MR) is 118 cm³/mol. The summed E-state index contributed by atoms with van der Waals surface area (Å²) in [5, 5.41) is 40.0. The highest BCUT2D eigenvalue weighted by Crippen LogP contribution is 2.40. The van der Waals surface area contributed by atoms with Gasteiger partial charge in [-0.2, -0.15) is 0 Å². The van der Waals surface area contributed by atoms with Crippen molar-refractivity contribution in [3.05, 3.63) is 33.6 Å². The molecule has 0 spiro atoms. The van der Waals surface area contributed by atoms with Gasteiger partial charge in [-0.05, 0) is 27.7 Å². The average molecular weight is 457 g/mol. The Hall–Kier alpha value is -1.88. The number of aliphatic hydroxyl groups is 2. The zero-order chi connectivity index (χ0) is 22.3. The summed E-state index contributed by atoms with van der Waals surface area (Å²) in [5.74, 6) is 1.59. The van der Waals surface area contributed by atoms with Crippen LogP contribution < -0.4 is 9.47 Å². The Bertz CT molecular complexity index is 808. The molecular formula is C20H28N2O6S2. The summed E-state index contributed by atoms with van der Waals surface area (Å²) in [6, 6.07) is 0. The normalized spacial score (nSPS) is 11.0. The molecule has 8 nitrogen and oxygen atoms in total. The van der Waals surface area contributed by atoms with E-state index >= 15 is 0 Å². The van der Waals surface area contributed by atoms with E-state index in [1.807, 2.05) is 13.8 Å². The fourth-order valence-corrected chi connectivity index (χ4v) is 5.08. The molecule has 0 atom stereocenters. The number of ether oxygens (including phenoxy) is 2. The smallest absolute Gasteiger partial charge is 0.218 e. The van der Waals surface area contributed by atoms with Crippen molar-refractivity contribution in [2.24, 2.45) is 0 Å². The van der Waals surface area contributed by atoms with E-state index in [9.17, 15) is 20.4 Å². The van der Waals surface area contributed by atoms with Gasteiger partial charge in [0, 0.05) is 33.8 Å². The third-order valence-corrected chi connectivity index (χ3v) is 6.60. The van der Waals surface area contributed by atoms with Crippen molar-refractivity contribution in [3.63, 3.8) is 0 Å². The van der Waals surface area contributed by atoms with Gasteiger partial charge in [0.05, 0.1) is 37.8 Å². The minimum Gasteiger partial charge on any atom is -0.506 e. The van der Waals surface area contributed by atoms with Crippen LogP contribution in [0.15, 0.2) is 0 Å². The van der Waals surface area contributed by atoms with Gasteiger partial charge in [-0.15, -0.1) is 0 Å². The van der Waals surface area contributed by atoms with Gasteiger partial charge in [-0.3, -0.25) is 0 Å². The number of aryl methyl sites for hydroxylation is 2. The van der Waals surface area contributed by atoms with Crippen LogP contribution in [0.5, 0.6) is 23.3 Å². The van der Waals surface area contributed by atoms with E-state index in [0.717, 1.165) is 0 Å². The number of hydrogen-bond donors (Lipinski definition) is 4. The molecule has 0 aliphatic rings. The van der Waals surface area contributed by atoms with Gasteiger partial charge in [0.15, 0.2) is 0 Å². The Morgan fingerprint density at radius 2 is 1.07 bits per heavy atom. The molecule has 0 aliphatic heterocycles. The lowest BCUT2D eigenvalue weighted by atomic mass is 10.1. The largest absolute Gasteiger partial charge is 0.506 e. The van der Waals surface area contributed by atoms with E-state index in [2.05, 4.69) is 9.97 Å². The van der Waals surface area contributed by atoms with Crippen LogP contribution in [0.3, 0.4) is 0 Å². The Morgan fingerprint density at radius 3 is 1.37 bits per heavy atom. The zero-order valence-corrected chi connectivity index (χ0v) is 19.2. The number of aromatic hydroxyl groups is 2. The zero-order valence-electron chi connectivity index (χ0n) is 17.6. The molecule has 0 bridgehead atoms. The standard InChI is InChI=1S/C20H28N2O6S2/c1-5-27-19-15(13(7-23)17(25)11(3)21-19)9-29-30-10-16-14(8-24)18(26)12(4)22-20(16)28-6-2/h23-26H,5-10H2,1-4H3. The molecule has 0 aliphatic carbocycles. The molecule has 166 valence electrons. The SMILES string of the molecule is CCOc1nc(C)c(O)c(CO)c1CSSCc1c(OCC)nc(C)c(O)c1CO. The number of rotatable bonds is 11. The van der Waals surface area contributed by atoms with Crippen LogP contribution in [0.1, 0.15) is 47.5 Å². The molecule has 0 saturated heterocycles. The summed E-state index contributed by atoms with van der Waals surface area (Å²) in [6.45, 7) is 7.19. The van der Waals surface area contributed by atoms with Gasteiger partial charge in [0.25, 0.3) is 0 Å². The molecule has 0 amide bonds. The first-order valence-corrected chi connectivity index (χ1v) is 12.0. The van der Waals surface area contributed by atoms with Crippen LogP contribution in [0.4, 0.5) is 0 Å². The minimum atomic E-state index is -0.325. The van der Waals surface area contributed by atoms with E-state index in [0.29, 0.717) is 70.1 Å². The monoisotopic (exact) mass is 456 g/mol. The van der Waals surface area contributed by atoms with Crippen LogP contribution >= 0.6 is 21.6 Å². The molecular weight excluding hydrogens is 428 g/mol. The molecule has 0 unspecified atom stereocenters. The maximum Gasteiger partial charge on any atom is 0.218 e. The van der Waals surface area contributed by atoms with Gasteiger partial charge in [0.1, 0.15) is 11.5 Å². The second-order valence-electron chi connectivity index (χ2n) is 6.32. The van der Waals surface area contributed by atoms with Crippen molar-refractivity contribution in [1.82, 2.24) is 9.97 Å². The summed E-state index contributed by atoms with van der Waals surface area (Å²) in [6.07, 6.45) is 0. The van der Waals surface area contributed by atoms with Crippen molar-refractivity contribution in [3.8, 4) is 23.3 Å². The predicted octanol–water partition coefficient (Wildman–Crippen LogP) is 3.37. The topological polar surface area (TPSA) is 125 Å². The second-order valence-corrected chi connectivity index (χ2v) is 8.79. The second kappa shape index (κ2) is 11.5. The fraction of sp³-hybridized carbons (Fsp3) is 0.500. The lowest BCUT2D eigenvalue weighted by Crippen LogP contribution is -2.05. The first-order valence-electron chi connectivity index (χ1n) is 9.53. The van der Waals surface area contributed by atoms with Crippen molar-refractivity contribution in [2.75, 3.05) is 13.2 Å². The highest BCUT2D eigenvalue weighted by Gasteiger charge is 2.20. The maximum atomic E-state index is 10.3. The summed E-state index contributed by atoms with van der Waals surface area (Å²) in [4.78, 5) is 8.59. The van der Waals surface area contributed by atoms with Gasteiger partial charge < -0.3 is 29.9 Å². The third kappa shape index (κ3) is 5.42. The number of aromatic nitrogens is 2. The number of pyridine rings is 2. The van der Waals surface area contributed by atoms with Crippen molar-refractivity contribution in [1.29, 1.82) is 0 Å². The van der Waals surface area contributed by atoms with E-state index < -0.39 is 0 Å². The molecule has 0 aromatic carbocycles. The molecule has 0 saturated carbocycles. The summed E-state index contributed by atoms with van der Waals surface area (Å²) < 4.78 is 11.2. The lowest BCUT2D eigenvalue weighted by Gasteiger charge is -2.17. The lowest BCUT2D eigenvalue weighted by molar-refractivity contribution is 0.269. The summed E-state index contributed by atoms with van der Waals surface area (Å²) >= 11 is 0. The van der Waals surface area contributed by atoms with E-state index in [-0.39, 0.29) is 24.7 Å². The van der Waals surface area contributed by atoms with Crippen molar-refractivity contribution < 1.29 is 29.9 Å². The van der Waals surface area contributed by atoms with E-state index in [1.54, 1.807) is 13.8 Å². The van der Waals surface area contributed by atoms with E-state index in [4.69, 9.17) is 9.47 Å². The van der Waals surface area contributed by atoms with E-state index in [1.165, 1.54) is 21.6 Å². The molecule has 10 heteroatoms. The van der Waals surface area contributed by atoms with Crippen LogP contribution in [0.2, 0.25) is 0 Å². The first kappa shape index (κ1) is 24.4. The molecule has 2 rings (SSSR count). The molecule has 2 aromatic heterocycles. The highest BCUT2D eigenvalue weighted by atomic mass is 33.1. The molecule has 2 aromatic rings. The number of aliphatic hydroxyl groups excluding tert-OH is 2. The summed E-state index contributed by atoms with van der Waals surface area (Å²) in [5.41, 5.74) is 2.88. The number of nitrogens with zero attached hydrogens (tertiary/aromatic N) is 2. The van der Waals surface area contributed by atoms with Crippen molar-refractivity contribution >= 4 is 21.6 Å². The summed E-state index contributed by atoms with van der Waals surface area (Å²) in [7, 11) is 2.94. The van der Waals surface area contributed by atoms with Gasteiger partial charge in [-0.1, -0.05) is 21.6 Å². The molecule has 30 heavy (non-hydrogen) atoms. The Labute approximate surface area is 184 Å². The molecule has 0 fully saturated rings. The van der Waals surface area contributed by atoms with Crippen LogP contribution in [0, 0.1) is 13.8 Å². The Kier molecular flexibility index (Phi) is 9.35. The molecule has 4 N–H and O–H groups in total. The Balaban J connectivity index is 2.21. The Morgan fingerprint density at radius 1 is 0.700 bits per heavy atom. The fourth-order valence-electron chi connectivity index (χ4n) is 2.88. The van der Waals surface area contributed by atoms with Gasteiger partial charge in [0.2, 0.25) is 11.8 Å². The average Bonchev–Trinajstić information content (AvgIpc) is 2.72. The van der Waals surface area contributed by atoms with Gasteiger partial charge in [-0.25, -0.2) is 9.97 Å². The highest BCUT2D eigenvalue weighted by molar-refractivity contribution is 8.76. The molecule has 2 heterocycles. The van der Waals surface area contributed by atoms with Crippen molar-refractivity contribution in [2.45, 2.75) is 52.4 Å². The van der Waals surface area contributed by atoms with Crippen LogP contribution in [0.25, 0.3) is 0 Å². The van der Waals surface area contributed by atoms with Gasteiger partial charge >= 0.3 is 0 Å². The minimum absolute atomic E-state index is 0.0320. The van der Waals surface area contributed by atoms with Crippen LogP contribution in [-0.2, 0) is 24.7 Å².